The average molecular weight is 364 g/mol. The summed E-state index contributed by atoms with van der Waals surface area (Å²) in [4.78, 5) is 22.0. The number of fused-ring (bicyclic) bond motifs is 1. The van der Waals surface area contributed by atoms with E-state index in [-0.39, 0.29) is 5.56 Å². The Bertz CT molecular complexity index is 925. The second kappa shape index (κ2) is 7.06. The van der Waals surface area contributed by atoms with Gasteiger partial charge in [0.25, 0.3) is 5.56 Å². The Labute approximate surface area is 149 Å². The van der Waals surface area contributed by atoms with Crippen LogP contribution in [0.3, 0.4) is 0 Å². The van der Waals surface area contributed by atoms with Crippen LogP contribution in [0.4, 0.5) is 0 Å². The molecule has 0 fully saturated rings. The Balaban J connectivity index is 1.83. The summed E-state index contributed by atoms with van der Waals surface area (Å²) in [6.45, 7) is 9.20. The van der Waals surface area contributed by atoms with Crippen LogP contribution in [-0.4, -0.2) is 24.1 Å². The maximum Gasteiger partial charge on any atom is 0.275 e. The van der Waals surface area contributed by atoms with E-state index in [0.717, 1.165) is 40.9 Å². The Morgan fingerprint density at radius 3 is 2.79 bits per heavy atom. The van der Waals surface area contributed by atoms with Crippen LogP contribution in [0, 0.1) is 20.8 Å². The van der Waals surface area contributed by atoms with Crippen molar-refractivity contribution in [1.82, 2.24) is 24.1 Å². The minimum atomic E-state index is -0.123. The molecule has 6 nitrogen and oxygen atoms in total. The monoisotopic (exact) mass is 363 g/mol. The van der Waals surface area contributed by atoms with Gasteiger partial charge in [0.2, 0.25) is 4.96 Å². The highest BCUT2D eigenvalue weighted by Crippen LogP contribution is 2.25. The molecule has 3 heterocycles. The molecular weight excluding hydrogens is 342 g/mol. The summed E-state index contributed by atoms with van der Waals surface area (Å²) in [7, 11) is 0. The molecule has 0 aliphatic heterocycles. The molecule has 0 atom stereocenters. The third kappa shape index (κ3) is 3.39. The number of unbranched alkanes of at least 4 members (excludes halogenated alkanes) is 1. The summed E-state index contributed by atoms with van der Waals surface area (Å²) in [5.41, 5.74) is 2.93. The van der Waals surface area contributed by atoms with E-state index in [1.807, 2.05) is 13.8 Å². The van der Waals surface area contributed by atoms with Gasteiger partial charge in [0.05, 0.1) is 11.4 Å². The minimum Gasteiger partial charge on any atom is -0.323 e. The molecule has 0 radical (unpaired) electrons. The van der Waals surface area contributed by atoms with Crippen molar-refractivity contribution >= 4 is 28.1 Å². The zero-order valence-corrected chi connectivity index (χ0v) is 16.0. The van der Waals surface area contributed by atoms with E-state index in [0.29, 0.717) is 10.7 Å². The lowest BCUT2D eigenvalue weighted by Gasteiger charge is -2.08. The maximum atomic E-state index is 12.1. The summed E-state index contributed by atoms with van der Waals surface area (Å²) in [5.74, 6) is 0.630. The standard InChI is InChI=1S/C16H21N5OS2/c1-5-6-7-20-11(3)10(2)17-15(20)23-9-13-8-14(22)21-16(18-13)24-12(4)19-21/h8H,5-7,9H2,1-4H3. The van der Waals surface area contributed by atoms with Crippen molar-refractivity contribution < 1.29 is 0 Å². The van der Waals surface area contributed by atoms with E-state index in [1.54, 1.807) is 17.8 Å². The Morgan fingerprint density at radius 1 is 1.25 bits per heavy atom. The lowest BCUT2D eigenvalue weighted by atomic mass is 10.3. The molecule has 0 bridgehead atoms. The molecule has 128 valence electrons. The zero-order valence-electron chi connectivity index (χ0n) is 14.4. The number of thioether (sulfide) groups is 1. The van der Waals surface area contributed by atoms with Crippen molar-refractivity contribution in [2.45, 2.75) is 58.0 Å². The first-order chi connectivity index (χ1) is 11.5. The number of nitrogens with zero attached hydrogens (tertiary/aromatic N) is 5. The molecule has 3 aromatic rings. The number of hydrogen-bond acceptors (Lipinski definition) is 6. The highest BCUT2D eigenvalue weighted by Gasteiger charge is 2.13. The second-order valence-electron chi connectivity index (χ2n) is 5.76. The third-order valence-corrected chi connectivity index (χ3v) is 5.74. The van der Waals surface area contributed by atoms with Crippen LogP contribution in [0.1, 0.15) is 41.9 Å². The number of hydrogen-bond donors (Lipinski definition) is 0. The summed E-state index contributed by atoms with van der Waals surface area (Å²) < 4.78 is 3.64. The number of aromatic nitrogens is 5. The van der Waals surface area contributed by atoms with Crippen molar-refractivity contribution in [3.05, 3.63) is 38.5 Å². The minimum absolute atomic E-state index is 0.123. The van der Waals surface area contributed by atoms with Crippen LogP contribution < -0.4 is 5.56 Å². The Kier molecular flexibility index (Phi) is 5.05. The van der Waals surface area contributed by atoms with Crippen molar-refractivity contribution in [3.8, 4) is 0 Å². The van der Waals surface area contributed by atoms with E-state index in [9.17, 15) is 4.79 Å². The molecule has 24 heavy (non-hydrogen) atoms. The van der Waals surface area contributed by atoms with Gasteiger partial charge in [-0.05, 0) is 27.2 Å². The molecule has 3 aromatic heterocycles. The lowest BCUT2D eigenvalue weighted by Crippen LogP contribution is -2.15. The van der Waals surface area contributed by atoms with Crippen LogP contribution in [0.25, 0.3) is 4.96 Å². The quantitative estimate of drug-likeness (QED) is 0.628. The first-order valence-corrected chi connectivity index (χ1v) is 9.82. The fraction of sp³-hybridized carbons (Fsp3) is 0.500. The van der Waals surface area contributed by atoms with Gasteiger partial charge in [-0.25, -0.2) is 9.97 Å². The van der Waals surface area contributed by atoms with Gasteiger partial charge in [0, 0.05) is 24.1 Å². The van der Waals surface area contributed by atoms with Crippen molar-refractivity contribution in [1.29, 1.82) is 0 Å². The normalized spacial score (nSPS) is 11.5. The molecule has 0 unspecified atom stereocenters. The SMILES string of the molecule is CCCCn1c(SCc2cc(=O)n3nc(C)sc3n2)nc(C)c1C. The van der Waals surface area contributed by atoms with Gasteiger partial charge in [0.15, 0.2) is 5.16 Å². The number of rotatable bonds is 6. The van der Waals surface area contributed by atoms with Gasteiger partial charge in [-0.15, -0.1) is 0 Å². The topological polar surface area (TPSA) is 65.1 Å². The number of imidazole rings is 1. The van der Waals surface area contributed by atoms with Crippen LogP contribution in [0.15, 0.2) is 16.0 Å². The molecule has 0 aliphatic rings. The molecule has 0 saturated carbocycles. The lowest BCUT2D eigenvalue weighted by molar-refractivity contribution is 0.575. The summed E-state index contributed by atoms with van der Waals surface area (Å²) in [5, 5.41) is 6.01. The Morgan fingerprint density at radius 2 is 2.04 bits per heavy atom. The smallest absolute Gasteiger partial charge is 0.275 e. The van der Waals surface area contributed by atoms with Gasteiger partial charge < -0.3 is 4.57 Å². The van der Waals surface area contributed by atoms with Crippen molar-refractivity contribution in [2.24, 2.45) is 0 Å². The van der Waals surface area contributed by atoms with E-state index >= 15 is 0 Å². The van der Waals surface area contributed by atoms with E-state index in [4.69, 9.17) is 0 Å². The predicted octanol–water partition coefficient (Wildman–Crippen LogP) is 3.37. The van der Waals surface area contributed by atoms with Crippen molar-refractivity contribution in [3.63, 3.8) is 0 Å². The fourth-order valence-electron chi connectivity index (χ4n) is 2.48. The first kappa shape index (κ1) is 17.2. The summed E-state index contributed by atoms with van der Waals surface area (Å²) >= 11 is 3.07. The maximum absolute atomic E-state index is 12.1. The molecule has 0 saturated heterocycles. The molecule has 0 spiro atoms. The molecule has 3 rings (SSSR count). The van der Waals surface area contributed by atoms with Crippen LogP contribution in [0.2, 0.25) is 0 Å². The fourth-order valence-corrected chi connectivity index (χ4v) is 4.25. The van der Waals surface area contributed by atoms with Gasteiger partial charge in [-0.3, -0.25) is 4.79 Å². The van der Waals surface area contributed by atoms with Crippen molar-refractivity contribution in [2.75, 3.05) is 0 Å². The molecule has 0 aliphatic carbocycles. The molecule has 0 N–H and O–H groups in total. The van der Waals surface area contributed by atoms with Crippen LogP contribution in [-0.2, 0) is 12.3 Å². The summed E-state index contributed by atoms with van der Waals surface area (Å²) in [6.07, 6.45) is 2.29. The van der Waals surface area contributed by atoms with Crippen LogP contribution in [0.5, 0.6) is 0 Å². The van der Waals surface area contributed by atoms with E-state index < -0.39 is 0 Å². The predicted molar refractivity (Wildman–Crippen MR) is 98.0 cm³/mol. The highest BCUT2D eigenvalue weighted by molar-refractivity contribution is 7.98. The average Bonchev–Trinajstić information content (AvgIpc) is 3.04. The first-order valence-electron chi connectivity index (χ1n) is 8.02. The van der Waals surface area contributed by atoms with Gasteiger partial charge in [-0.1, -0.05) is 36.4 Å². The molecule has 8 heteroatoms. The highest BCUT2D eigenvalue weighted by atomic mass is 32.2. The largest absolute Gasteiger partial charge is 0.323 e. The van der Waals surface area contributed by atoms with E-state index in [1.165, 1.54) is 21.5 Å². The zero-order chi connectivity index (χ0) is 17.3. The Hall–Kier alpha value is -1.67. The second-order valence-corrected chi connectivity index (χ2v) is 7.86. The summed E-state index contributed by atoms with van der Waals surface area (Å²) in [6, 6.07) is 1.57. The number of aryl methyl sites for hydroxylation is 2. The van der Waals surface area contributed by atoms with Gasteiger partial charge in [0.1, 0.15) is 5.01 Å². The van der Waals surface area contributed by atoms with E-state index in [2.05, 4.69) is 33.5 Å². The molecular formula is C16H21N5OS2. The van der Waals surface area contributed by atoms with Crippen LogP contribution >= 0.6 is 23.1 Å². The molecule has 0 aromatic carbocycles. The third-order valence-electron chi connectivity index (χ3n) is 3.91. The van der Waals surface area contributed by atoms with Gasteiger partial charge in [-0.2, -0.15) is 9.61 Å². The molecule has 0 amide bonds. The van der Waals surface area contributed by atoms with Gasteiger partial charge >= 0.3 is 0 Å².